The van der Waals surface area contributed by atoms with Gasteiger partial charge in [-0.05, 0) is 64.1 Å². The molecule has 0 saturated heterocycles. The van der Waals surface area contributed by atoms with Crippen LogP contribution in [0.1, 0.15) is 37.0 Å². The first-order valence-electron chi connectivity index (χ1n) is 9.84. The van der Waals surface area contributed by atoms with Crippen molar-refractivity contribution in [2.24, 2.45) is 0 Å². The molecule has 3 rings (SSSR count). The molecule has 150 valence electrons. The maximum absolute atomic E-state index is 11.6. The molecule has 1 heterocycles. The summed E-state index contributed by atoms with van der Waals surface area (Å²) >= 11 is 0. The van der Waals surface area contributed by atoms with Crippen molar-refractivity contribution in [2.75, 3.05) is 28.6 Å². The number of anilines is 5. The van der Waals surface area contributed by atoms with E-state index in [0.717, 1.165) is 24.5 Å². The molecule has 0 saturated carbocycles. The molecule has 2 aromatic carbocycles. The molecule has 0 atom stereocenters. The van der Waals surface area contributed by atoms with Gasteiger partial charge in [-0.3, -0.25) is 4.79 Å². The fourth-order valence-corrected chi connectivity index (χ4v) is 3.15. The van der Waals surface area contributed by atoms with Gasteiger partial charge < -0.3 is 15.5 Å². The molecule has 0 aliphatic carbocycles. The van der Waals surface area contributed by atoms with E-state index in [-0.39, 0.29) is 5.78 Å². The molecule has 0 fully saturated rings. The molecule has 3 aromatic rings. The predicted octanol–water partition coefficient (Wildman–Crippen LogP) is 5.32. The van der Waals surface area contributed by atoms with Crippen molar-refractivity contribution in [3.05, 3.63) is 66.0 Å². The number of hydrogen-bond donors (Lipinski definition) is 2. The first kappa shape index (κ1) is 20.3. The van der Waals surface area contributed by atoms with Gasteiger partial charge in [-0.15, -0.1) is 0 Å². The van der Waals surface area contributed by atoms with E-state index in [0.29, 0.717) is 23.0 Å². The monoisotopic (exact) mass is 389 g/mol. The summed E-state index contributed by atoms with van der Waals surface area (Å²) < 4.78 is 0. The van der Waals surface area contributed by atoms with Crippen LogP contribution in [-0.4, -0.2) is 28.8 Å². The van der Waals surface area contributed by atoms with Gasteiger partial charge in [-0.25, -0.2) is 9.97 Å². The van der Waals surface area contributed by atoms with E-state index in [1.807, 2.05) is 31.2 Å². The van der Waals surface area contributed by atoms with Crippen LogP contribution in [0.2, 0.25) is 0 Å². The second-order valence-electron chi connectivity index (χ2n) is 6.79. The first-order valence-corrected chi connectivity index (χ1v) is 9.84. The molecule has 0 amide bonds. The summed E-state index contributed by atoms with van der Waals surface area (Å²) in [4.78, 5) is 22.8. The van der Waals surface area contributed by atoms with Crippen molar-refractivity contribution in [1.82, 2.24) is 9.97 Å². The third kappa shape index (κ3) is 5.31. The van der Waals surface area contributed by atoms with Crippen LogP contribution in [0.25, 0.3) is 0 Å². The molecule has 0 aliphatic heterocycles. The molecule has 2 N–H and O–H groups in total. The highest BCUT2D eigenvalue weighted by Crippen LogP contribution is 2.23. The van der Waals surface area contributed by atoms with Gasteiger partial charge in [0.2, 0.25) is 0 Å². The highest BCUT2D eigenvalue weighted by Gasteiger charge is 2.06. The number of aromatic nitrogens is 2. The molecule has 1 aromatic heterocycles. The number of rotatable bonds is 8. The van der Waals surface area contributed by atoms with Crippen LogP contribution in [0.5, 0.6) is 0 Å². The van der Waals surface area contributed by atoms with Gasteiger partial charge in [0.05, 0.1) is 0 Å². The van der Waals surface area contributed by atoms with Gasteiger partial charge in [-0.1, -0.05) is 12.1 Å². The van der Waals surface area contributed by atoms with Crippen LogP contribution in [0, 0.1) is 6.92 Å². The standard InChI is InChI=1S/C23H27N5O/c1-5-28(6-2)21-12-10-19(11-13-21)26-22-15-23(25-17(4)24-22)27-20-9-7-8-18(14-20)16(3)29/h7-15H,5-6H2,1-4H3,(H2,24,25,26,27). The Kier molecular flexibility index (Phi) is 6.44. The second kappa shape index (κ2) is 9.19. The van der Waals surface area contributed by atoms with Crippen LogP contribution in [0.4, 0.5) is 28.7 Å². The average Bonchev–Trinajstić information content (AvgIpc) is 2.70. The van der Waals surface area contributed by atoms with Gasteiger partial charge in [0.15, 0.2) is 5.78 Å². The lowest BCUT2D eigenvalue weighted by molar-refractivity contribution is 0.101. The fourth-order valence-electron chi connectivity index (χ4n) is 3.15. The Hall–Kier alpha value is -3.41. The molecule has 0 spiro atoms. The fraction of sp³-hybridized carbons (Fsp3) is 0.261. The van der Waals surface area contributed by atoms with Crippen LogP contribution < -0.4 is 15.5 Å². The SMILES string of the molecule is CCN(CC)c1ccc(Nc2cc(Nc3cccc(C(C)=O)c3)nc(C)n2)cc1. The minimum absolute atomic E-state index is 0.0306. The molecule has 0 unspecified atom stereocenters. The van der Waals surface area contributed by atoms with Crippen molar-refractivity contribution in [3.8, 4) is 0 Å². The molecular formula is C23H27N5O. The molecule has 29 heavy (non-hydrogen) atoms. The smallest absolute Gasteiger partial charge is 0.159 e. The van der Waals surface area contributed by atoms with Crippen molar-refractivity contribution < 1.29 is 4.79 Å². The van der Waals surface area contributed by atoms with E-state index in [9.17, 15) is 4.79 Å². The predicted molar refractivity (Wildman–Crippen MR) is 120 cm³/mol. The maximum atomic E-state index is 11.6. The summed E-state index contributed by atoms with van der Waals surface area (Å²) in [6.45, 7) is 9.68. The zero-order valence-electron chi connectivity index (χ0n) is 17.4. The summed E-state index contributed by atoms with van der Waals surface area (Å²) in [7, 11) is 0. The summed E-state index contributed by atoms with van der Waals surface area (Å²) in [6, 6.07) is 17.5. The van der Waals surface area contributed by atoms with E-state index < -0.39 is 0 Å². The Morgan fingerprint density at radius 1 is 0.897 bits per heavy atom. The number of nitrogens with one attached hydrogen (secondary N) is 2. The van der Waals surface area contributed by atoms with E-state index in [1.165, 1.54) is 5.69 Å². The normalized spacial score (nSPS) is 10.5. The van der Waals surface area contributed by atoms with Gasteiger partial charge in [0.25, 0.3) is 0 Å². The van der Waals surface area contributed by atoms with Crippen molar-refractivity contribution in [2.45, 2.75) is 27.7 Å². The lowest BCUT2D eigenvalue weighted by Gasteiger charge is -2.21. The van der Waals surface area contributed by atoms with Crippen molar-refractivity contribution in [1.29, 1.82) is 0 Å². The summed E-state index contributed by atoms with van der Waals surface area (Å²) in [5.41, 5.74) is 3.63. The van der Waals surface area contributed by atoms with Gasteiger partial charge in [0, 0.05) is 41.8 Å². The lowest BCUT2D eigenvalue weighted by atomic mass is 10.1. The molecule has 0 bridgehead atoms. The zero-order chi connectivity index (χ0) is 20.8. The third-order valence-electron chi connectivity index (χ3n) is 4.65. The quantitative estimate of drug-likeness (QED) is 0.508. The van der Waals surface area contributed by atoms with Crippen LogP contribution in [0.3, 0.4) is 0 Å². The van der Waals surface area contributed by atoms with Crippen LogP contribution in [0.15, 0.2) is 54.6 Å². The number of ketones is 1. The van der Waals surface area contributed by atoms with Crippen LogP contribution >= 0.6 is 0 Å². The van der Waals surface area contributed by atoms with E-state index in [4.69, 9.17) is 0 Å². The largest absolute Gasteiger partial charge is 0.372 e. The van der Waals surface area contributed by atoms with Crippen molar-refractivity contribution in [3.63, 3.8) is 0 Å². The van der Waals surface area contributed by atoms with Gasteiger partial charge in [-0.2, -0.15) is 0 Å². The van der Waals surface area contributed by atoms with E-state index >= 15 is 0 Å². The molecular weight excluding hydrogens is 362 g/mol. The molecule has 0 aliphatic rings. The average molecular weight is 390 g/mol. The van der Waals surface area contributed by atoms with Crippen molar-refractivity contribution >= 4 is 34.5 Å². The highest BCUT2D eigenvalue weighted by atomic mass is 16.1. The third-order valence-corrected chi connectivity index (χ3v) is 4.65. The number of carbonyl (C=O) groups is 1. The second-order valence-corrected chi connectivity index (χ2v) is 6.79. The topological polar surface area (TPSA) is 70.2 Å². The van der Waals surface area contributed by atoms with E-state index in [2.05, 4.69) is 63.6 Å². The summed E-state index contributed by atoms with van der Waals surface area (Å²) in [5.74, 6) is 2.06. The minimum atomic E-state index is 0.0306. The Labute approximate surface area is 172 Å². The number of Topliss-reactive ketones (excluding diaryl/α,β-unsaturated/α-hetero) is 1. The summed E-state index contributed by atoms with van der Waals surface area (Å²) in [5, 5.41) is 6.59. The lowest BCUT2D eigenvalue weighted by Crippen LogP contribution is -2.21. The summed E-state index contributed by atoms with van der Waals surface area (Å²) in [6.07, 6.45) is 0. The number of carbonyl (C=O) groups excluding carboxylic acids is 1. The van der Waals surface area contributed by atoms with Gasteiger partial charge >= 0.3 is 0 Å². The number of hydrogen-bond acceptors (Lipinski definition) is 6. The Balaban J connectivity index is 1.77. The number of nitrogens with zero attached hydrogens (tertiary/aromatic N) is 3. The van der Waals surface area contributed by atoms with Crippen LogP contribution in [-0.2, 0) is 0 Å². The van der Waals surface area contributed by atoms with E-state index in [1.54, 1.807) is 13.0 Å². The molecule has 6 heteroatoms. The Morgan fingerprint density at radius 3 is 2.10 bits per heavy atom. The Bertz CT molecular complexity index is 981. The van der Waals surface area contributed by atoms with Gasteiger partial charge in [0.1, 0.15) is 17.5 Å². The maximum Gasteiger partial charge on any atom is 0.159 e. The number of benzene rings is 2. The molecule has 6 nitrogen and oxygen atoms in total. The minimum Gasteiger partial charge on any atom is -0.372 e. The zero-order valence-corrected chi connectivity index (χ0v) is 17.4. The number of aryl methyl sites for hydroxylation is 1. The Morgan fingerprint density at radius 2 is 1.52 bits per heavy atom. The highest BCUT2D eigenvalue weighted by molar-refractivity contribution is 5.95. The molecule has 0 radical (unpaired) electrons. The first-order chi connectivity index (χ1) is 14.0.